The Morgan fingerprint density at radius 3 is 2.10 bits per heavy atom. The molecule has 1 rings (SSSR count). The number of thioether (sulfide) groups is 1. The lowest BCUT2D eigenvalue weighted by Crippen LogP contribution is -2.15. The molecule has 0 aromatic carbocycles. The summed E-state index contributed by atoms with van der Waals surface area (Å²) in [5, 5.41) is 0. The first-order valence-electron chi connectivity index (χ1n) is 2.83. The maximum atomic E-state index is 12.3. The molecule has 60 valence electrons. The summed E-state index contributed by atoms with van der Waals surface area (Å²) < 4.78 is 48.0. The molecule has 3 atom stereocenters. The highest BCUT2D eigenvalue weighted by Gasteiger charge is 2.40. The molecule has 3 unspecified atom stereocenters. The van der Waals surface area contributed by atoms with Crippen molar-refractivity contribution >= 4 is 11.8 Å². The number of hydrogen-bond acceptors (Lipinski definition) is 1. The normalized spacial score (nSPS) is 41.1. The van der Waals surface area contributed by atoms with E-state index in [1.807, 2.05) is 0 Å². The first-order valence-corrected chi connectivity index (χ1v) is 3.77. The Morgan fingerprint density at radius 1 is 1.30 bits per heavy atom. The van der Waals surface area contributed by atoms with Gasteiger partial charge >= 0.3 is 0 Å². The van der Waals surface area contributed by atoms with Crippen molar-refractivity contribution in [1.82, 2.24) is 0 Å². The van der Waals surface area contributed by atoms with E-state index >= 15 is 0 Å². The summed E-state index contributed by atoms with van der Waals surface area (Å²) in [6.07, 6.45) is -3.09. The fourth-order valence-electron chi connectivity index (χ4n) is 0.836. The molecule has 0 saturated carbocycles. The minimum Gasteiger partial charge on any atom is -0.236 e. The number of hydrogen-bond donors (Lipinski definition) is 0. The molecule has 0 aromatic rings. The van der Waals surface area contributed by atoms with Crippen LogP contribution in [0, 0.1) is 5.92 Å². The Hall–Kier alpha value is 0.0700. The SMILES string of the molecule is FC1CC(C(F)F)C(F)S1. The highest BCUT2D eigenvalue weighted by molar-refractivity contribution is 8.00. The highest BCUT2D eigenvalue weighted by atomic mass is 32.2. The summed E-state index contributed by atoms with van der Waals surface area (Å²) in [5.74, 6) is -1.40. The molecule has 0 spiro atoms. The first kappa shape index (κ1) is 8.17. The third kappa shape index (κ3) is 1.56. The van der Waals surface area contributed by atoms with Crippen LogP contribution in [0.5, 0.6) is 0 Å². The monoisotopic (exact) mass is 174 g/mol. The lowest BCUT2D eigenvalue weighted by Gasteiger charge is -2.07. The van der Waals surface area contributed by atoms with Gasteiger partial charge in [-0.2, -0.15) is 0 Å². The lowest BCUT2D eigenvalue weighted by molar-refractivity contribution is 0.0509. The van der Waals surface area contributed by atoms with E-state index in [0.717, 1.165) is 0 Å². The molecule has 1 aliphatic rings. The van der Waals surface area contributed by atoms with Crippen LogP contribution >= 0.6 is 11.8 Å². The molecule has 0 N–H and O–H groups in total. The summed E-state index contributed by atoms with van der Waals surface area (Å²) in [7, 11) is 0. The van der Waals surface area contributed by atoms with Gasteiger partial charge in [-0.1, -0.05) is 11.8 Å². The Balaban J connectivity index is 2.46. The fraction of sp³-hybridized carbons (Fsp3) is 1.00. The Bertz CT molecular complexity index is 118. The third-order valence-electron chi connectivity index (χ3n) is 1.40. The molecule has 5 heteroatoms. The molecule has 1 fully saturated rings. The van der Waals surface area contributed by atoms with Gasteiger partial charge in [-0.25, -0.2) is 17.6 Å². The van der Waals surface area contributed by atoms with Gasteiger partial charge in [-0.05, 0) is 0 Å². The predicted octanol–water partition coefficient (Wildman–Crippen LogP) is 2.60. The molecule has 10 heavy (non-hydrogen) atoms. The Kier molecular flexibility index (Phi) is 2.44. The second-order valence-corrected chi connectivity index (χ2v) is 3.37. The largest absolute Gasteiger partial charge is 0.245 e. The van der Waals surface area contributed by atoms with E-state index < -0.39 is 23.4 Å². The molecule has 0 nitrogen and oxygen atoms in total. The zero-order valence-electron chi connectivity index (χ0n) is 4.94. The fourth-order valence-corrected chi connectivity index (χ4v) is 1.88. The van der Waals surface area contributed by atoms with Gasteiger partial charge in [-0.3, -0.25) is 0 Å². The topological polar surface area (TPSA) is 0 Å². The van der Waals surface area contributed by atoms with Gasteiger partial charge in [0.2, 0.25) is 6.43 Å². The van der Waals surface area contributed by atoms with Crippen LogP contribution in [0.1, 0.15) is 6.42 Å². The van der Waals surface area contributed by atoms with Crippen molar-refractivity contribution in [3.8, 4) is 0 Å². The van der Waals surface area contributed by atoms with E-state index in [9.17, 15) is 17.6 Å². The molecule has 0 bridgehead atoms. The van der Waals surface area contributed by atoms with Gasteiger partial charge in [0, 0.05) is 6.42 Å². The Morgan fingerprint density at radius 2 is 1.90 bits per heavy atom. The van der Waals surface area contributed by atoms with Crippen LogP contribution in [-0.4, -0.2) is 17.4 Å². The molecule has 0 aliphatic carbocycles. The molecule has 0 aromatic heterocycles. The van der Waals surface area contributed by atoms with E-state index in [2.05, 4.69) is 0 Å². The molecular weight excluding hydrogens is 168 g/mol. The smallest absolute Gasteiger partial charge is 0.236 e. The minimum atomic E-state index is -2.73. The molecule has 1 saturated heterocycles. The zero-order chi connectivity index (χ0) is 7.72. The minimum absolute atomic E-state index is 0.343. The van der Waals surface area contributed by atoms with Crippen molar-refractivity contribution in [3.63, 3.8) is 0 Å². The summed E-state index contributed by atoms with van der Waals surface area (Å²) in [6, 6.07) is 0. The van der Waals surface area contributed by atoms with Crippen LogP contribution in [0.25, 0.3) is 0 Å². The third-order valence-corrected chi connectivity index (χ3v) is 2.49. The molecule has 1 aliphatic heterocycles. The van der Waals surface area contributed by atoms with E-state index in [4.69, 9.17) is 0 Å². The maximum Gasteiger partial charge on any atom is 0.245 e. The number of halogens is 4. The first-order chi connectivity index (χ1) is 4.61. The van der Waals surface area contributed by atoms with E-state index in [1.54, 1.807) is 0 Å². The summed E-state index contributed by atoms with van der Waals surface area (Å²) in [5.41, 5.74) is -3.18. The highest BCUT2D eigenvalue weighted by Crippen LogP contribution is 2.42. The quantitative estimate of drug-likeness (QED) is 0.550. The van der Waals surface area contributed by atoms with Crippen LogP contribution in [0.3, 0.4) is 0 Å². The Labute approximate surface area is 60.0 Å². The van der Waals surface area contributed by atoms with Gasteiger partial charge in [-0.15, -0.1) is 0 Å². The van der Waals surface area contributed by atoms with Crippen molar-refractivity contribution in [2.45, 2.75) is 23.9 Å². The van der Waals surface area contributed by atoms with Crippen LogP contribution in [-0.2, 0) is 0 Å². The maximum absolute atomic E-state index is 12.3. The van der Waals surface area contributed by atoms with Crippen LogP contribution in [0.2, 0.25) is 0 Å². The van der Waals surface area contributed by atoms with Gasteiger partial charge in [0.15, 0.2) is 5.50 Å². The van der Waals surface area contributed by atoms with Gasteiger partial charge in [0.25, 0.3) is 0 Å². The molecule has 0 radical (unpaired) electrons. The molecule has 0 amide bonds. The zero-order valence-corrected chi connectivity index (χ0v) is 5.75. The van der Waals surface area contributed by atoms with Crippen molar-refractivity contribution in [2.24, 2.45) is 5.92 Å². The second kappa shape index (κ2) is 2.98. The van der Waals surface area contributed by atoms with Crippen molar-refractivity contribution in [3.05, 3.63) is 0 Å². The van der Waals surface area contributed by atoms with Crippen molar-refractivity contribution in [2.75, 3.05) is 0 Å². The van der Waals surface area contributed by atoms with Gasteiger partial charge < -0.3 is 0 Å². The van der Waals surface area contributed by atoms with Crippen LogP contribution in [0.4, 0.5) is 17.6 Å². The van der Waals surface area contributed by atoms with E-state index in [1.165, 1.54) is 0 Å². The van der Waals surface area contributed by atoms with Crippen molar-refractivity contribution in [1.29, 1.82) is 0 Å². The van der Waals surface area contributed by atoms with Crippen LogP contribution in [0.15, 0.2) is 0 Å². The van der Waals surface area contributed by atoms with E-state index in [-0.39, 0.29) is 6.42 Å². The summed E-state index contributed by atoms with van der Waals surface area (Å²) in [4.78, 5) is 0. The molecule has 1 heterocycles. The van der Waals surface area contributed by atoms with Gasteiger partial charge in [0.05, 0.1) is 5.92 Å². The average molecular weight is 174 g/mol. The van der Waals surface area contributed by atoms with Crippen molar-refractivity contribution < 1.29 is 17.6 Å². The molecular formula is C5H6F4S. The second-order valence-electron chi connectivity index (χ2n) is 2.13. The summed E-state index contributed by atoms with van der Waals surface area (Å²) in [6.45, 7) is 0. The van der Waals surface area contributed by atoms with E-state index in [0.29, 0.717) is 11.8 Å². The number of rotatable bonds is 1. The van der Waals surface area contributed by atoms with Crippen LogP contribution < -0.4 is 0 Å². The predicted molar refractivity (Wildman–Crippen MR) is 31.5 cm³/mol. The number of alkyl halides is 4. The lowest BCUT2D eigenvalue weighted by atomic mass is 10.1. The average Bonchev–Trinajstić information content (AvgIpc) is 2.10. The van der Waals surface area contributed by atoms with Gasteiger partial charge in [0.1, 0.15) is 5.50 Å². The standard InChI is InChI=1S/C5H6F4S/c6-3-1-2(4(7)8)5(9)10-3/h2-5H,1H2. The summed E-state index contributed by atoms with van der Waals surface area (Å²) >= 11 is 0.343.